The summed E-state index contributed by atoms with van der Waals surface area (Å²) in [5, 5.41) is 3.38. The quantitative estimate of drug-likeness (QED) is 0.661. The van der Waals surface area contributed by atoms with Gasteiger partial charge in [-0.3, -0.25) is 0 Å². The Morgan fingerprint density at radius 3 is 2.76 bits per heavy atom. The molecule has 102 valence electrons. The second-order valence-corrected chi connectivity index (χ2v) is 5.18. The van der Waals surface area contributed by atoms with E-state index in [1.54, 1.807) is 0 Å². The van der Waals surface area contributed by atoms with Crippen LogP contribution < -0.4 is 5.32 Å². The summed E-state index contributed by atoms with van der Waals surface area (Å²) in [6, 6.07) is 0.697. The summed E-state index contributed by atoms with van der Waals surface area (Å²) in [6.07, 6.45) is 6.91. The number of hydrogen-bond donors (Lipinski definition) is 1. The van der Waals surface area contributed by atoms with Crippen molar-refractivity contribution in [1.82, 2.24) is 10.2 Å². The van der Waals surface area contributed by atoms with Gasteiger partial charge in [-0.2, -0.15) is 0 Å². The van der Waals surface area contributed by atoms with Crippen molar-refractivity contribution in [2.24, 2.45) is 0 Å². The minimum Gasteiger partial charge on any atom is -0.381 e. The highest BCUT2D eigenvalue weighted by Gasteiger charge is 2.24. The zero-order valence-electron chi connectivity index (χ0n) is 11.9. The average Bonchev–Trinajstić information content (AvgIpc) is 2.35. The summed E-state index contributed by atoms with van der Waals surface area (Å²) >= 11 is 0. The van der Waals surface area contributed by atoms with Gasteiger partial charge in [0.25, 0.3) is 0 Å². The fourth-order valence-electron chi connectivity index (χ4n) is 2.64. The number of hydrogen-bond acceptors (Lipinski definition) is 3. The van der Waals surface area contributed by atoms with Gasteiger partial charge in [0.1, 0.15) is 0 Å². The van der Waals surface area contributed by atoms with Crippen LogP contribution in [0.1, 0.15) is 46.0 Å². The first kappa shape index (κ1) is 14.9. The molecule has 0 saturated carbocycles. The molecule has 1 aliphatic rings. The highest BCUT2D eigenvalue weighted by molar-refractivity contribution is 4.79. The zero-order chi connectivity index (χ0) is 12.5. The van der Waals surface area contributed by atoms with Crippen LogP contribution in [0.15, 0.2) is 0 Å². The molecule has 3 nitrogen and oxygen atoms in total. The lowest BCUT2D eigenvalue weighted by atomic mass is 10.00. The van der Waals surface area contributed by atoms with Gasteiger partial charge >= 0.3 is 0 Å². The molecule has 17 heavy (non-hydrogen) atoms. The fraction of sp³-hybridized carbons (Fsp3) is 1.00. The van der Waals surface area contributed by atoms with Crippen LogP contribution in [0.2, 0.25) is 0 Å². The molecular weight excluding hydrogens is 212 g/mol. The zero-order valence-corrected chi connectivity index (χ0v) is 11.9. The van der Waals surface area contributed by atoms with E-state index >= 15 is 0 Å². The molecule has 3 heteroatoms. The number of rotatable bonds is 8. The van der Waals surface area contributed by atoms with Crippen molar-refractivity contribution in [2.75, 3.05) is 33.3 Å². The largest absolute Gasteiger partial charge is 0.381 e. The molecule has 0 radical (unpaired) electrons. The monoisotopic (exact) mass is 242 g/mol. The molecule has 0 bridgehead atoms. The maximum Gasteiger partial charge on any atom is 0.0598 e. The fourth-order valence-corrected chi connectivity index (χ4v) is 2.64. The number of likely N-dealkylation sites (tertiary alicyclic amines) is 1. The van der Waals surface area contributed by atoms with Crippen molar-refractivity contribution < 1.29 is 4.74 Å². The van der Waals surface area contributed by atoms with E-state index in [0.717, 1.165) is 6.54 Å². The summed E-state index contributed by atoms with van der Waals surface area (Å²) in [6.45, 7) is 9.27. The van der Waals surface area contributed by atoms with Crippen molar-refractivity contribution in [3.63, 3.8) is 0 Å². The van der Waals surface area contributed by atoms with Crippen LogP contribution in [0.4, 0.5) is 0 Å². The van der Waals surface area contributed by atoms with E-state index < -0.39 is 0 Å². The molecule has 1 fully saturated rings. The van der Waals surface area contributed by atoms with E-state index in [-0.39, 0.29) is 0 Å². The molecule has 1 heterocycles. The molecule has 0 aliphatic carbocycles. The second kappa shape index (κ2) is 8.90. The van der Waals surface area contributed by atoms with Crippen molar-refractivity contribution in [3.8, 4) is 0 Å². The molecule has 0 spiro atoms. The summed E-state index contributed by atoms with van der Waals surface area (Å²) < 4.78 is 5.44. The lowest BCUT2D eigenvalue weighted by molar-refractivity contribution is 0.0155. The third-order valence-electron chi connectivity index (χ3n) is 3.85. The maximum atomic E-state index is 5.44. The number of unbranched alkanes of at least 4 members (excludes halogenated alkanes) is 2. The van der Waals surface area contributed by atoms with Crippen molar-refractivity contribution in [3.05, 3.63) is 0 Å². The summed E-state index contributed by atoms with van der Waals surface area (Å²) in [4.78, 5) is 2.63. The molecule has 2 atom stereocenters. The molecule has 1 saturated heterocycles. The Morgan fingerprint density at radius 2 is 2.12 bits per heavy atom. The van der Waals surface area contributed by atoms with Gasteiger partial charge in [0.05, 0.1) is 6.10 Å². The van der Waals surface area contributed by atoms with Gasteiger partial charge in [0, 0.05) is 19.7 Å². The molecule has 1 N–H and O–H groups in total. The normalized spacial score (nSPS) is 26.3. The smallest absolute Gasteiger partial charge is 0.0598 e. The van der Waals surface area contributed by atoms with Crippen molar-refractivity contribution >= 4 is 0 Å². The van der Waals surface area contributed by atoms with Crippen molar-refractivity contribution in [1.29, 1.82) is 0 Å². The van der Waals surface area contributed by atoms with E-state index in [4.69, 9.17) is 4.74 Å². The Kier molecular flexibility index (Phi) is 7.82. The maximum absolute atomic E-state index is 5.44. The Morgan fingerprint density at radius 1 is 1.29 bits per heavy atom. The third kappa shape index (κ3) is 5.84. The average molecular weight is 242 g/mol. The van der Waals surface area contributed by atoms with Gasteiger partial charge in [-0.05, 0) is 52.2 Å². The molecule has 1 aliphatic heterocycles. The number of ether oxygens (including phenoxy) is 1. The summed E-state index contributed by atoms with van der Waals surface area (Å²) in [5.74, 6) is 0. The minimum absolute atomic E-state index is 0.495. The molecule has 1 rings (SSSR count). The Labute approximate surface area is 107 Å². The van der Waals surface area contributed by atoms with Crippen LogP contribution in [0.25, 0.3) is 0 Å². The number of nitrogens with one attached hydrogen (secondary N) is 1. The molecule has 2 unspecified atom stereocenters. The molecular formula is C14H30N2O. The molecule has 0 aromatic carbocycles. The number of methoxy groups -OCH3 is 1. The first-order valence-corrected chi connectivity index (χ1v) is 7.25. The van der Waals surface area contributed by atoms with Crippen LogP contribution in [0, 0.1) is 0 Å². The Bertz CT molecular complexity index is 187. The number of piperidine rings is 1. The highest BCUT2D eigenvalue weighted by atomic mass is 16.5. The number of nitrogens with zero attached hydrogens (tertiary/aromatic N) is 1. The topological polar surface area (TPSA) is 24.5 Å². The van der Waals surface area contributed by atoms with Gasteiger partial charge < -0.3 is 15.0 Å². The first-order valence-electron chi connectivity index (χ1n) is 7.25. The van der Waals surface area contributed by atoms with Crippen LogP contribution in [-0.4, -0.2) is 50.3 Å². The molecule has 0 amide bonds. The van der Waals surface area contributed by atoms with Crippen molar-refractivity contribution in [2.45, 2.75) is 58.1 Å². The van der Waals surface area contributed by atoms with E-state index in [1.807, 2.05) is 7.11 Å². The minimum atomic E-state index is 0.495. The SMILES string of the molecule is CCNCCCCCN1CCC(OC)CC1C. The van der Waals surface area contributed by atoms with Gasteiger partial charge in [-0.25, -0.2) is 0 Å². The Balaban J connectivity index is 2.03. The second-order valence-electron chi connectivity index (χ2n) is 5.18. The lowest BCUT2D eigenvalue weighted by Crippen LogP contribution is -2.43. The summed E-state index contributed by atoms with van der Waals surface area (Å²) in [7, 11) is 1.84. The predicted octanol–water partition coefficient (Wildman–Crippen LogP) is 2.27. The van der Waals surface area contributed by atoms with E-state index in [1.165, 1.54) is 51.7 Å². The van der Waals surface area contributed by atoms with Gasteiger partial charge in [-0.1, -0.05) is 13.3 Å². The highest BCUT2D eigenvalue weighted by Crippen LogP contribution is 2.19. The predicted molar refractivity (Wildman–Crippen MR) is 73.5 cm³/mol. The van der Waals surface area contributed by atoms with Gasteiger partial charge in [-0.15, -0.1) is 0 Å². The van der Waals surface area contributed by atoms with Gasteiger partial charge in [0.2, 0.25) is 0 Å². The standard InChI is InChI=1S/C14H30N2O/c1-4-15-9-6-5-7-10-16-11-8-14(17-3)12-13(16)2/h13-15H,4-12H2,1-3H3. The van der Waals surface area contributed by atoms with E-state index in [9.17, 15) is 0 Å². The van der Waals surface area contributed by atoms with Crippen LogP contribution in [0.3, 0.4) is 0 Å². The molecule has 0 aromatic rings. The Hall–Kier alpha value is -0.120. The third-order valence-corrected chi connectivity index (χ3v) is 3.85. The van der Waals surface area contributed by atoms with Crippen LogP contribution in [-0.2, 0) is 4.74 Å². The van der Waals surface area contributed by atoms with E-state index in [0.29, 0.717) is 12.1 Å². The van der Waals surface area contributed by atoms with Crippen LogP contribution >= 0.6 is 0 Å². The lowest BCUT2D eigenvalue weighted by Gasteiger charge is -2.37. The van der Waals surface area contributed by atoms with Gasteiger partial charge in [0.15, 0.2) is 0 Å². The molecule has 0 aromatic heterocycles. The summed E-state index contributed by atoms with van der Waals surface area (Å²) in [5.41, 5.74) is 0. The first-order chi connectivity index (χ1) is 8.27. The van der Waals surface area contributed by atoms with E-state index in [2.05, 4.69) is 24.1 Å². The van der Waals surface area contributed by atoms with Crippen LogP contribution in [0.5, 0.6) is 0 Å².